The van der Waals surface area contributed by atoms with Crippen molar-refractivity contribution >= 4 is 11.6 Å². The van der Waals surface area contributed by atoms with Crippen LogP contribution < -0.4 is 9.64 Å². The van der Waals surface area contributed by atoms with Crippen LogP contribution in [-0.2, 0) is 11.3 Å². The number of rotatable bonds is 5. The summed E-state index contributed by atoms with van der Waals surface area (Å²) in [4.78, 5) is 20.2. The zero-order valence-corrected chi connectivity index (χ0v) is 17.7. The number of amides is 1. The monoisotopic (exact) mass is 445 g/mol. The van der Waals surface area contributed by atoms with Crippen molar-refractivity contribution in [2.24, 2.45) is 0 Å². The van der Waals surface area contributed by atoms with Crippen LogP contribution in [0.1, 0.15) is 17.9 Å². The molecule has 0 N–H and O–H groups in total. The molecule has 168 valence electrons. The van der Waals surface area contributed by atoms with Crippen LogP contribution in [0.3, 0.4) is 0 Å². The van der Waals surface area contributed by atoms with Crippen molar-refractivity contribution < 1.29 is 27.1 Å². The normalized spacial score (nSPS) is 14.6. The first-order chi connectivity index (χ1) is 15.4. The maximum Gasteiger partial charge on any atom is 0.224 e. The zero-order chi connectivity index (χ0) is 22.8. The summed E-state index contributed by atoms with van der Waals surface area (Å²) in [5, 5.41) is 0. The van der Waals surface area contributed by atoms with Crippen molar-refractivity contribution in [1.29, 1.82) is 0 Å². The van der Waals surface area contributed by atoms with Crippen LogP contribution in [-0.4, -0.2) is 42.5 Å². The fourth-order valence-corrected chi connectivity index (χ4v) is 3.75. The highest BCUT2D eigenvalue weighted by molar-refractivity contribution is 5.78. The van der Waals surface area contributed by atoms with Gasteiger partial charge in [0.2, 0.25) is 5.91 Å². The number of oxazole rings is 1. The van der Waals surface area contributed by atoms with Gasteiger partial charge in [0.1, 0.15) is 5.75 Å². The largest absolute Gasteiger partial charge is 0.496 e. The van der Waals surface area contributed by atoms with Gasteiger partial charge in [-0.25, -0.2) is 18.2 Å². The fourth-order valence-electron chi connectivity index (χ4n) is 3.75. The summed E-state index contributed by atoms with van der Waals surface area (Å²) in [6, 6.07) is 7.67. The summed E-state index contributed by atoms with van der Waals surface area (Å²) in [6.07, 6.45) is 1.84. The lowest BCUT2D eigenvalue weighted by atomic mass is 10.1. The van der Waals surface area contributed by atoms with Gasteiger partial charge in [-0.1, -0.05) is 6.07 Å². The Morgan fingerprint density at radius 2 is 1.91 bits per heavy atom. The van der Waals surface area contributed by atoms with Crippen LogP contribution in [0, 0.1) is 24.4 Å². The van der Waals surface area contributed by atoms with Crippen molar-refractivity contribution in [3.8, 4) is 17.1 Å². The lowest BCUT2D eigenvalue weighted by Crippen LogP contribution is -2.33. The molecule has 3 aromatic rings. The number of carbonyl (C=O) groups is 1. The van der Waals surface area contributed by atoms with Gasteiger partial charge in [-0.15, -0.1) is 0 Å². The lowest BCUT2D eigenvalue weighted by Gasteiger charge is -2.24. The highest BCUT2D eigenvalue weighted by atomic mass is 19.2. The molecule has 0 aliphatic carbocycles. The molecule has 1 amide bonds. The van der Waals surface area contributed by atoms with Crippen LogP contribution in [0.4, 0.5) is 18.9 Å². The van der Waals surface area contributed by atoms with Crippen molar-refractivity contribution in [2.45, 2.75) is 19.9 Å². The number of ether oxygens (including phenoxy) is 1. The number of carbonyl (C=O) groups excluding carboxylic acids is 1. The number of benzene rings is 2. The molecule has 1 fully saturated rings. The first-order valence-electron chi connectivity index (χ1n) is 10.1. The van der Waals surface area contributed by atoms with Gasteiger partial charge in [0.25, 0.3) is 0 Å². The third-order valence-electron chi connectivity index (χ3n) is 5.50. The van der Waals surface area contributed by atoms with Crippen molar-refractivity contribution in [2.75, 3.05) is 31.6 Å². The Bertz CT molecular complexity index is 1150. The van der Waals surface area contributed by atoms with Gasteiger partial charge in [0.15, 0.2) is 29.1 Å². The zero-order valence-electron chi connectivity index (χ0n) is 17.7. The molecule has 32 heavy (non-hydrogen) atoms. The first-order valence-corrected chi connectivity index (χ1v) is 10.1. The molecule has 0 spiro atoms. The molecule has 2 heterocycles. The van der Waals surface area contributed by atoms with E-state index in [1.165, 1.54) is 11.0 Å². The van der Waals surface area contributed by atoms with E-state index in [-0.39, 0.29) is 24.4 Å². The van der Waals surface area contributed by atoms with Crippen LogP contribution in [0.5, 0.6) is 5.75 Å². The standard InChI is InChI=1S/C23H22F3N3O3/c1-14-27-12-20(32-14)17-5-4-16(11-19(17)31-2)28-8-7-21(30)29(10-9-28)13-15-3-6-18(24)23(26)22(15)25/h3-6,11-12H,7-10,13H2,1-2H3. The van der Waals surface area contributed by atoms with Crippen LogP contribution >= 0.6 is 0 Å². The molecule has 1 aliphatic heterocycles. The van der Waals surface area contributed by atoms with Gasteiger partial charge >= 0.3 is 0 Å². The first kappa shape index (κ1) is 21.7. The Labute approximate surface area is 183 Å². The van der Waals surface area contributed by atoms with Gasteiger partial charge in [0, 0.05) is 56.8 Å². The van der Waals surface area contributed by atoms with E-state index in [4.69, 9.17) is 9.15 Å². The predicted octanol–water partition coefficient (Wildman–Crippen LogP) is 4.31. The van der Waals surface area contributed by atoms with Crippen molar-refractivity contribution in [3.05, 3.63) is 65.4 Å². The summed E-state index contributed by atoms with van der Waals surface area (Å²) in [6.45, 7) is 2.89. The number of halogens is 3. The van der Waals surface area contributed by atoms with E-state index in [1.807, 2.05) is 23.1 Å². The van der Waals surface area contributed by atoms with Gasteiger partial charge in [-0.05, 0) is 18.2 Å². The van der Waals surface area contributed by atoms with E-state index >= 15 is 0 Å². The second-order valence-corrected chi connectivity index (χ2v) is 7.51. The molecular formula is C23H22F3N3O3. The summed E-state index contributed by atoms with van der Waals surface area (Å²) < 4.78 is 51.9. The molecule has 0 unspecified atom stereocenters. The minimum atomic E-state index is -1.53. The Hall–Kier alpha value is -3.49. The molecule has 1 aromatic heterocycles. The summed E-state index contributed by atoms with van der Waals surface area (Å²) in [5.74, 6) is -2.47. The second kappa shape index (κ2) is 8.94. The van der Waals surface area contributed by atoms with E-state index in [0.717, 1.165) is 17.3 Å². The smallest absolute Gasteiger partial charge is 0.224 e. The van der Waals surface area contributed by atoms with Crippen LogP contribution in [0.25, 0.3) is 11.3 Å². The lowest BCUT2D eigenvalue weighted by molar-refractivity contribution is -0.130. The molecule has 4 rings (SSSR count). The van der Waals surface area contributed by atoms with Crippen LogP contribution in [0.15, 0.2) is 40.9 Å². The molecule has 9 heteroatoms. The Morgan fingerprint density at radius 3 is 2.62 bits per heavy atom. The maximum atomic E-state index is 14.1. The Morgan fingerprint density at radius 1 is 1.09 bits per heavy atom. The quantitative estimate of drug-likeness (QED) is 0.548. The molecule has 1 aliphatic rings. The highest BCUT2D eigenvalue weighted by Crippen LogP contribution is 2.34. The molecule has 0 radical (unpaired) electrons. The second-order valence-electron chi connectivity index (χ2n) is 7.51. The molecule has 1 saturated heterocycles. The topological polar surface area (TPSA) is 58.8 Å². The number of methoxy groups -OCH3 is 1. The molecule has 0 bridgehead atoms. The Balaban J connectivity index is 1.51. The number of anilines is 1. The van der Waals surface area contributed by atoms with Gasteiger partial charge < -0.3 is 19.0 Å². The number of aryl methyl sites for hydroxylation is 1. The predicted molar refractivity (Wildman–Crippen MR) is 112 cm³/mol. The third-order valence-corrected chi connectivity index (χ3v) is 5.50. The highest BCUT2D eigenvalue weighted by Gasteiger charge is 2.24. The number of aromatic nitrogens is 1. The molecule has 6 nitrogen and oxygen atoms in total. The average Bonchev–Trinajstić information content (AvgIpc) is 3.14. The number of hydrogen-bond donors (Lipinski definition) is 0. The fraction of sp³-hybridized carbons (Fsp3) is 0.304. The van der Waals surface area contributed by atoms with Gasteiger partial charge in [0.05, 0.1) is 18.9 Å². The van der Waals surface area contributed by atoms with Gasteiger partial charge in [-0.2, -0.15) is 0 Å². The number of nitrogens with zero attached hydrogens (tertiary/aromatic N) is 3. The van der Waals surface area contributed by atoms with Crippen molar-refractivity contribution in [3.63, 3.8) is 0 Å². The Kier molecular flexibility index (Phi) is 6.07. The van der Waals surface area contributed by atoms with E-state index in [9.17, 15) is 18.0 Å². The van der Waals surface area contributed by atoms with Crippen molar-refractivity contribution in [1.82, 2.24) is 9.88 Å². The third kappa shape index (κ3) is 4.28. The summed E-state index contributed by atoms with van der Waals surface area (Å²) in [5.41, 5.74) is 1.56. The van der Waals surface area contributed by atoms with E-state index in [1.54, 1.807) is 20.2 Å². The summed E-state index contributed by atoms with van der Waals surface area (Å²) >= 11 is 0. The minimum Gasteiger partial charge on any atom is -0.496 e. The average molecular weight is 445 g/mol. The van der Waals surface area contributed by atoms with E-state index < -0.39 is 17.5 Å². The maximum absolute atomic E-state index is 14.1. The number of hydrogen-bond acceptors (Lipinski definition) is 5. The minimum absolute atomic E-state index is 0.0564. The molecule has 0 saturated carbocycles. The molecule has 2 aromatic carbocycles. The van der Waals surface area contributed by atoms with E-state index in [0.29, 0.717) is 37.0 Å². The molecule has 0 atom stereocenters. The van der Waals surface area contributed by atoms with Gasteiger partial charge in [-0.3, -0.25) is 4.79 Å². The van der Waals surface area contributed by atoms with Crippen LogP contribution in [0.2, 0.25) is 0 Å². The SMILES string of the molecule is COc1cc(N2CCC(=O)N(Cc3ccc(F)c(F)c3F)CC2)ccc1-c1cnc(C)o1. The molecular weight excluding hydrogens is 423 g/mol. The summed E-state index contributed by atoms with van der Waals surface area (Å²) in [7, 11) is 1.57. The van der Waals surface area contributed by atoms with E-state index in [2.05, 4.69) is 4.98 Å².